The number of rotatable bonds is 14. The van der Waals surface area contributed by atoms with Gasteiger partial charge in [0, 0.05) is 42.5 Å². The number of urea groups is 1. The Morgan fingerprint density at radius 1 is 0.911 bits per heavy atom. The van der Waals surface area contributed by atoms with Gasteiger partial charge in [-0.1, -0.05) is 27.2 Å². The molecule has 9 nitrogen and oxygen atoms in total. The summed E-state index contributed by atoms with van der Waals surface area (Å²) in [4.78, 5) is 27.6. The predicted molar refractivity (Wildman–Crippen MR) is 175 cm³/mol. The summed E-state index contributed by atoms with van der Waals surface area (Å²) in [6.07, 6.45) is 6.20. The fourth-order valence-corrected chi connectivity index (χ4v) is 5.15. The minimum absolute atomic E-state index is 0.00114. The van der Waals surface area contributed by atoms with Gasteiger partial charge in [0.05, 0.1) is 12.8 Å². The molecular formula is C35H45FN4O5. The molecule has 0 unspecified atom stereocenters. The van der Waals surface area contributed by atoms with Crippen molar-refractivity contribution in [2.45, 2.75) is 71.4 Å². The number of carbonyl (C=O) groups excluding carboxylic acids is 2. The van der Waals surface area contributed by atoms with Crippen LogP contribution in [0.4, 0.5) is 20.6 Å². The summed E-state index contributed by atoms with van der Waals surface area (Å²) >= 11 is 0. The molecular weight excluding hydrogens is 575 g/mol. The number of hydrogen-bond acceptors (Lipinski definition) is 6. The third kappa shape index (κ3) is 9.84. The molecule has 1 saturated heterocycles. The Morgan fingerprint density at radius 2 is 1.58 bits per heavy atom. The fraction of sp³-hybridized carbons (Fsp3) is 0.429. The molecule has 242 valence electrons. The van der Waals surface area contributed by atoms with Gasteiger partial charge in [-0.3, -0.25) is 4.79 Å². The number of anilines is 2. The number of nitrogens with one attached hydrogen (secondary N) is 3. The van der Waals surface area contributed by atoms with Crippen molar-refractivity contribution in [1.82, 2.24) is 10.2 Å². The second-order valence-electron chi connectivity index (χ2n) is 11.2. The Balaban J connectivity index is 1.29. The van der Waals surface area contributed by atoms with Crippen LogP contribution in [0.1, 0.15) is 69.7 Å². The second kappa shape index (κ2) is 16.7. The molecule has 3 N–H and O–H groups in total. The summed E-state index contributed by atoms with van der Waals surface area (Å²) in [5, 5.41) is 8.22. The molecule has 45 heavy (non-hydrogen) atoms. The molecule has 4 rings (SSSR count). The minimum atomic E-state index is -0.668. The molecule has 0 aliphatic carbocycles. The largest absolute Gasteiger partial charge is 0.493 e. The number of hydrogen-bond donors (Lipinski definition) is 3. The van der Waals surface area contributed by atoms with Crippen molar-refractivity contribution in [3.63, 3.8) is 0 Å². The lowest BCUT2D eigenvalue weighted by molar-refractivity contribution is 0.0996. The third-order valence-electron chi connectivity index (χ3n) is 7.94. The molecule has 1 heterocycles. The van der Waals surface area contributed by atoms with E-state index in [2.05, 4.69) is 27.8 Å². The van der Waals surface area contributed by atoms with Crippen molar-refractivity contribution in [2.75, 3.05) is 37.4 Å². The molecule has 3 aromatic carbocycles. The van der Waals surface area contributed by atoms with E-state index in [9.17, 15) is 14.0 Å². The lowest BCUT2D eigenvalue weighted by Crippen LogP contribution is -2.38. The van der Waals surface area contributed by atoms with Gasteiger partial charge in [0.15, 0.2) is 17.3 Å². The lowest BCUT2D eigenvalue weighted by Gasteiger charge is -2.32. The summed E-state index contributed by atoms with van der Waals surface area (Å²) in [5.41, 5.74) is 1.06. The first-order chi connectivity index (χ1) is 21.8. The third-order valence-corrected chi connectivity index (χ3v) is 7.94. The highest BCUT2D eigenvalue weighted by atomic mass is 19.1. The topological polar surface area (TPSA) is 101 Å². The number of nitrogens with zero attached hydrogens (tertiary/aromatic N) is 1. The smallest absolute Gasteiger partial charge is 0.319 e. The van der Waals surface area contributed by atoms with Crippen molar-refractivity contribution in [2.24, 2.45) is 0 Å². The summed E-state index contributed by atoms with van der Waals surface area (Å²) in [5.74, 6) is 0.646. The fourth-order valence-electron chi connectivity index (χ4n) is 5.15. The van der Waals surface area contributed by atoms with Crippen LogP contribution in [0.25, 0.3) is 0 Å². The highest BCUT2D eigenvalue weighted by molar-refractivity contribution is 6.04. The zero-order valence-corrected chi connectivity index (χ0v) is 26.7. The van der Waals surface area contributed by atoms with E-state index < -0.39 is 11.8 Å². The Kier molecular flexibility index (Phi) is 12.4. The molecule has 1 fully saturated rings. The van der Waals surface area contributed by atoms with Crippen molar-refractivity contribution >= 4 is 23.3 Å². The predicted octanol–water partition coefficient (Wildman–Crippen LogP) is 7.83. The highest BCUT2D eigenvalue weighted by Crippen LogP contribution is 2.36. The molecule has 10 heteroatoms. The van der Waals surface area contributed by atoms with Gasteiger partial charge in [-0.25, -0.2) is 9.18 Å². The molecule has 0 bridgehead atoms. The van der Waals surface area contributed by atoms with Crippen LogP contribution in [0.2, 0.25) is 0 Å². The number of ether oxygens (including phenoxy) is 3. The van der Waals surface area contributed by atoms with Gasteiger partial charge in [-0.2, -0.15) is 0 Å². The van der Waals surface area contributed by atoms with Crippen LogP contribution in [-0.4, -0.2) is 55.7 Å². The Bertz CT molecular complexity index is 1390. The number of piperidine rings is 1. The highest BCUT2D eigenvalue weighted by Gasteiger charge is 2.20. The number of unbranched alkanes of at least 4 members (excludes halogenated alkanes) is 1. The average Bonchev–Trinajstić information content (AvgIpc) is 3.05. The molecule has 0 saturated carbocycles. The van der Waals surface area contributed by atoms with E-state index in [0.717, 1.165) is 57.1 Å². The zero-order chi connectivity index (χ0) is 32.2. The van der Waals surface area contributed by atoms with E-state index in [-0.39, 0.29) is 35.2 Å². The van der Waals surface area contributed by atoms with Crippen LogP contribution in [0.5, 0.6) is 23.0 Å². The van der Waals surface area contributed by atoms with Gasteiger partial charge in [-0.05, 0) is 87.2 Å². The average molecular weight is 621 g/mol. The zero-order valence-electron chi connectivity index (χ0n) is 26.7. The van der Waals surface area contributed by atoms with Gasteiger partial charge in [0.25, 0.3) is 5.91 Å². The number of benzene rings is 3. The van der Waals surface area contributed by atoms with Crippen LogP contribution in [0.15, 0.2) is 60.7 Å². The molecule has 0 aromatic heterocycles. The number of halogens is 1. The molecule has 0 radical (unpaired) electrons. The minimum Gasteiger partial charge on any atom is -0.493 e. The molecule has 1 aliphatic rings. The molecule has 0 spiro atoms. The first-order valence-electron chi connectivity index (χ1n) is 15.8. The van der Waals surface area contributed by atoms with Crippen LogP contribution in [0.3, 0.4) is 0 Å². The van der Waals surface area contributed by atoms with E-state index in [0.29, 0.717) is 17.0 Å². The molecule has 0 atom stereocenters. The van der Waals surface area contributed by atoms with Crippen molar-refractivity contribution < 1.29 is 28.2 Å². The van der Waals surface area contributed by atoms with Gasteiger partial charge >= 0.3 is 6.03 Å². The SMILES string of the molecule is CCCCN1CCC(Oc2ccc(C(=O)Nc3ccc(Oc4cc(F)c(NC(=O)NC(CC)CC)cc4OC)cc3)cc2)CC1. The maximum Gasteiger partial charge on any atom is 0.319 e. The van der Waals surface area contributed by atoms with E-state index >= 15 is 0 Å². The monoisotopic (exact) mass is 620 g/mol. The van der Waals surface area contributed by atoms with Gasteiger partial charge in [-0.15, -0.1) is 0 Å². The quantitative estimate of drug-likeness (QED) is 0.170. The van der Waals surface area contributed by atoms with E-state index in [1.54, 1.807) is 36.4 Å². The van der Waals surface area contributed by atoms with Gasteiger partial charge < -0.3 is 35.1 Å². The summed E-state index contributed by atoms with van der Waals surface area (Å²) in [6.45, 7) is 9.43. The van der Waals surface area contributed by atoms with E-state index in [1.165, 1.54) is 26.0 Å². The second-order valence-corrected chi connectivity index (χ2v) is 11.2. The van der Waals surface area contributed by atoms with Crippen molar-refractivity contribution in [1.29, 1.82) is 0 Å². The summed E-state index contributed by atoms with van der Waals surface area (Å²) in [6, 6.07) is 15.9. The van der Waals surface area contributed by atoms with E-state index in [1.807, 2.05) is 26.0 Å². The first-order valence-corrected chi connectivity index (χ1v) is 15.8. The van der Waals surface area contributed by atoms with Crippen LogP contribution in [0, 0.1) is 5.82 Å². The van der Waals surface area contributed by atoms with Crippen molar-refractivity contribution in [3.8, 4) is 23.0 Å². The standard InChI is InChI=1S/C35H45FN4O5/c1-5-8-19-40-20-17-29(18-21-40)44-27-13-9-24(10-14-27)34(41)37-26-11-15-28(16-12-26)45-33-22-30(36)31(23-32(33)43-4)39-35(42)38-25(6-2)7-3/h9-16,22-23,25,29H,5-8,17-21H2,1-4H3,(H,37,41)(H2,38,39,42). The summed E-state index contributed by atoms with van der Waals surface area (Å²) < 4.78 is 32.3. The van der Waals surface area contributed by atoms with Crippen LogP contribution in [-0.2, 0) is 0 Å². The van der Waals surface area contributed by atoms with E-state index in [4.69, 9.17) is 14.2 Å². The summed E-state index contributed by atoms with van der Waals surface area (Å²) in [7, 11) is 1.43. The number of methoxy groups -OCH3 is 1. The molecule has 1 aliphatic heterocycles. The Hall–Kier alpha value is -4.31. The van der Waals surface area contributed by atoms with Crippen molar-refractivity contribution in [3.05, 3.63) is 72.0 Å². The molecule has 3 amide bonds. The Labute approximate surface area is 265 Å². The van der Waals surface area contributed by atoms with Crippen LogP contribution >= 0.6 is 0 Å². The normalized spacial score (nSPS) is 13.7. The first kappa shape index (κ1) is 33.6. The van der Waals surface area contributed by atoms with Gasteiger partial charge in [0.1, 0.15) is 17.6 Å². The number of amides is 3. The Morgan fingerprint density at radius 3 is 2.20 bits per heavy atom. The molecule has 3 aromatic rings. The maximum absolute atomic E-state index is 14.9. The number of carbonyl (C=O) groups is 2. The number of likely N-dealkylation sites (tertiary alicyclic amines) is 1. The van der Waals surface area contributed by atoms with Crippen LogP contribution < -0.4 is 30.2 Å². The maximum atomic E-state index is 14.9. The van der Waals surface area contributed by atoms with Gasteiger partial charge in [0.2, 0.25) is 0 Å². The lowest BCUT2D eigenvalue weighted by atomic mass is 10.1.